The van der Waals surface area contributed by atoms with Crippen LogP contribution in [0.2, 0.25) is 0 Å². The van der Waals surface area contributed by atoms with Crippen molar-refractivity contribution in [2.24, 2.45) is 0 Å². The molecule has 0 spiro atoms. The van der Waals surface area contributed by atoms with Crippen LogP contribution in [0, 0.1) is 5.82 Å². The molecule has 7 heteroatoms. The van der Waals surface area contributed by atoms with Crippen LogP contribution < -0.4 is 10.6 Å². The number of aromatic nitrogens is 1. The summed E-state index contributed by atoms with van der Waals surface area (Å²) in [6.07, 6.45) is 1.55. The maximum Gasteiger partial charge on any atom is 0.337 e. The summed E-state index contributed by atoms with van der Waals surface area (Å²) >= 11 is 0. The molecule has 3 rings (SSSR count). The summed E-state index contributed by atoms with van der Waals surface area (Å²) in [7, 11) is 1.31. The van der Waals surface area contributed by atoms with E-state index in [2.05, 4.69) is 20.4 Å². The van der Waals surface area contributed by atoms with Crippen molar-refractivity contribution >= 4 is 23.3 Å². The molecule has 0 aliphatic heterocycles. The number of nitrogens with one attached hydrogen (secondary N) is 2. The molecule has 142 valence electrons. The van der Waals surface area contributed by atoms with Crippen LogP contribution in [-0.4, -0.2) is 24.0 Å². The number of halogens is 1. The van der Waals surface area contributed by atoms with Crippen molar-refractivity contribution in [1.29, 1.82) is 0 Å². The third kappa shape index (κ3) is 4.91. The number of pyridine rings is 1. The Bertz CT molecular complexity index is 956. The van der Waals surface area contributed by atoms with Crippen molar-refractivity contribution in [1.82, 2.24) is 4.98 Å². The van der Waals surface area contributed by atoms with Gasteiger partial charge in [0.2, 0.25) is 0 Å². The van der Waals surface area contributed by atoms with E-state index >= 15 is 0 Å². The van der Waals surface area contributed by atoms with Gasteiger partial charge in [-0.3, -0.25) is 4.79 Å². The van der Waals surface area contributed by atoms with E-state index in [4.69, 9.17) is 0 Å². The molecule has 0 saturated carbocycles. The molecule has 1 amide bonds. The Morgan fingerprint density at radius 1 is 0.964 bits per heavy atom. The Balaban J connectivity index is 1.57. The van der Waals surface area contributed by atoms with E-state index < -0.39 is 5.97 Å². The molecular weight excluding hydrogens is 361 g/mol. The molecule has 0 aliphatic carbocycles. The van der Waals surface area contributed by atoms with Crippen LogP contribution in [0.1, 0.15) is 26.4 Å². The molecule has 2 aromatic carbocycles. The van der Waals surface area contributed by atoms with Crippen LogP contribution in [-0.2, 0) is 11.3 Å². The van der Waals surface area contributed by atoms with Crippen LogP contribution in [0.5, 0.6) is 0 Å². The van der Waals surface area contributed by atoms with Crippen LogP contribution in [0.15, 0.2) is 66.9 Å². The predicted octanol–water partition coefficient (Wildman–Crippen LogP) is 3.87. The standard InChI is InChI=1S/C21H18FN3O3/c1-28-21(27)15-4-8-17(9-5-15)25-20(26)19-11-10-18(13-24-19)23-12-14-2-6-16(22)7-3-14/h2-11,13,23H,12H2,1H3,(H,25,26). The molecule has 0 fully saturated rings. The van der Waals surface area contributed by atoms with E-state index in [1.807, 2.05) is 0 Å². The maximum atomic E-state index is 12.9. The van der Waals surface area contributed by atoms with Gasteiger partial charge in [-0.2, -0.15) is 0 Å². The summed E-state index contributed by atoms with van der Waals surface area (Å²) in [5.41, 5.74) is 2.86. The van der Waals surface area contributed by atoms with Gasteiger partial charge in [0.05, 0.1) is 24.6 Å². The summed E-state index contributed by atoms with van der Waals surface area (Å²) in [6.45, 7) is 0.514. The molecule has 28 heavy (non-hydrogen) atoms. The van der Waals surface area contributed by atoms with Gasteiger partial charge in [-0.1, -0.05) is 12.1 Å². The number of esters is 1. The first-order valence-electron chi connectivity index (χ1n) is 8.49. The molecule has 0 unspecified atom stereocenters. The van der Waals surface area contributed by atoms with Crippen LogP contribution in [0.4, 0.5) is 15.8 Å². The quantitative estimate of drug-likeness (QED) is 0.636. The number of carbonyl (C=O) groups is 2. The Morgan fingerprint density at radius 2 is 1.64 bits per heavy atom. The van der Waals surface area contributed by atoms with Gasteiger partial charge in [-0.05, 0) is 54.1 Å². The van der Waals surface area contributed by atoms with E-state index in [-0.39, 0.29) is 17.4 Å². The summed E-state index contributed by atoms with van der Waals surface area (Å²) in [5.74, 6) is -1.08. The first-order valence-corrected chi connectivity index (χ1v) is 8.49. The van der Waals surface area contributed by atoms with Crippen molar-refractivity contribution < 1.29 is 18.7 Å². The van der Waals surface area contributed by atoms with Crippen molar-refractivity contribution in [3.05, 3.63) is 89.5 Å². The maximum absolute atomic E-state index is 12.9. The minimum Gasteiger partial charge on any atom is -0.465 e. The molecule has 1 heterocycles. The van der Waals surface area contributed by atoms with Gasteiger partial charge in [0, 0.05) is 12.2 Å². The second kappa shape index (κ2) is 8.77. The summed E-state index contributed by atoms with van der Waals surface area (Å²) in [5, 5.41) is 5.87. The number of methoxy groups -OCH3 is 1. The van der Waals surface area contributed by atoms with Gasteiger partial charge in [0.25, 0.3) is 5.91 Å². The minimum atomic E-state index is -0.441. The topological polar surface area (TPSA) is 80.3 Å². The van der Waals surface area contributed by atoms with Gasteiger partial charge in [0.1, 0.15) is 11.5 Å². The molecule has 0 atom stereocenters. The minimum absolute atomic E-state index is 0.254. The number of anilines is 2. The fourth-order valence-corrected chi connectivity index (χ4v) is 2.44. The van der Waals surface area contributed by atoms with Crippen molar-refractivity contribution in [3.63, 3.8) is 0 Å². The zero-order chi connectivity index (χ0) is 19.9. The number of rotatable bonds is 6. The Hall–Kier alpha value is -3.74. The number of ether oxygens (including phenoxy) is 1. The highest BCUT2D eigenvalue weighted by molar-refractivity contribution is 6.03. The number of benzene rings is 2. The van der Waals surface area contributed by atoms with E-state index in [0.717, 1.165) is 11.3 Å². The number of carbonyl (C=O) groups excluding carboxylic acids is 2. The molecule has 0 radical (unpaired) electrons. The first kappa shape index (κ1) is 19.0. The molecular formula is C21H18FN3O3. The molecule has 0 saturated heterocycles. The lowest BCUT2D eigenvalue weighted by Gasteiger charge is -2.08. The average Bonchev–Trinajstić information content (AvgIpc) is 2.73. The lowest BCUT2D eigenvalue weighted by atomic mass is 10.2. The molecule has 6 nitrogen and oxygen atoms in total. The first-order chi connectivity index (χ1) is 13.5. The third-order valence-electron chi connectivity index (χ3n) is 3.97. The fourth-order valence-electron chi connectivity index (χ4n) is 2.44. The van der Waals surface area contributed by atoms with Gasteiger partial charge in [-0.15, -0.1) is 0 Å². The van der Waals surface area contributed by atoms with Crippen molar-refractivity contribution in [2.45, 2.75) is 6.54 Å². The smallest absolute Gasteiger partial charge is 0.337 e. The number of hydrogen-bond donors (Lipinski definition) is 2. The van der Waals surface area contributed by atoms with E-state index in [1.165, 1.54) is 19.2 Å². The summed E-state index contributed by atoms with van der Waals surface area (Å²) in [6, 6.07) is 15.9. The monoisotopic (exact) mass is 379 g/mol. The number of amides is 1. The van der Waals surface area contributed by atoms with Crippen molar-refractivity contribution in [2.75, 3.05) is 17.7 Å². The van der Waals surface area contributed by atoms with E-state index in [0.29, 0.717) is 17.8 Å². The van der Waals surface area contributed by atoms with E-state index in [1.54, 1.807) is 54.7 Å². The van der Waals surface area contributed by atoms with Gasteiger partial charge >= 0.3 is 5.97 Å². The van der Waals surface area contributed by atoms with Gasteiger partial charge in [0.15, 0.2) is 0 Å². The Morgan fingerprint density at radius 3 is 2.25 bits per heavy atom. The van der Waals surface area contributed by atoms with Crippen molar-refractivity contribution in [3.8, 4) is 0 Å². The zero-order valence-corrected chi connectivity index (χ0v) is 15.1. The van der Waals surface area contributed by atoms with E-state index in [9.17, 15) is 14.0 Å². The van der Waals surface area contributed by atoms with Crippen LogP contribution in [0.25, 0.3) is 0 Å². The lowest BCUT2D eigenvalue weighted by Crippen LogP contribution is -2.14. The lowest BCUT2D eigenvalue weighted by molar-refractivity contribution is 0.0600. The van der Waals surface area contributed by atoms with Crippen LogP contribution in [0.3, 0.4) is 0 Å². The molecule has 2 N–H and O–H groups in total. The molecule has 0 aliphatic rings. The molecule has 1 aromatic heterocycles. The highest BCUT2D eigenvalue weighted by atomic mass is 19.1. The molecule has 3 aromatic rings. The normalized spacial score (nSPS) is 10.2. The SMILES string of the molecule is COC(=O)c1ccc(NC(=O)c2ccc(NCc3ccc(F)cc3)cn2)cc1. The summed E-state index contributed by atoms with van der Waals surface area (Å²) in [4.78, 5) is 27.9. The van der Waals surface area contributed by atoms with Crippen LogP contribution >= 0.6 is 0 Å². The largest absolute Gasteiger partial charge is 0.465 e. The second-order valence-corrected chi connectivity index (χ2v) is 5.94. The fraction of sp³-hybridized carbons (Fsp3) is 0.0952. The average molecular weight is 379 g/mol. The number of hydrogen-bond acceptors (Lipinski definition) is 5. The predicted molar refractivity (Wildman–Crippen MR) is 104 cm³/mol. The zero-order valence-electron chi connectivity index (χ0n) is 15.1. The Kier molecular flexibility index (Phi) is 5.96. The summed E-state index contributed by atoms with van der Waals surface area (Å²) < 4.78 is 17.5. The molecule has 0 bridgehead atoms. The number of nitrogens with zero attached hydrogens (tertiary/aromatic N) is 1. The highest BCUT2D eigenvalue weighted by Gasteiger charge is 2.09. The highest BCUT2D eigenvalue weighted by Crippen LogP contribution is 2.13. The second-order valence-electron chi connectivity index (χ2n) is 5.94. The Labute approximate surface area is 161 Å². The van der Waals surface area contributed by atoms with Gasteiger partial charge in [-0.25, -0.2) is 14.2 Å². The third-order valence-corrected chi connectivity index (χ3v) is 3.97. The van der Waals surface area contributed by atoms with Gasteiger partial charge < -0.3 is 15.4 Å².